The molecule has 0 aromatic carbocycles. The maximum atomic E-state index is 11.4. The third-order valence-electron chi connectivity index (χ3n) is 2.40. The molecule has 0 radical (unpaired) electrons. The molecule has 0 spiro atoms. The fourth-order valence-corrected chi connectivity index (χ4v) is 1.55. The van der Waals surface area contributed by atoms with Crippen LogP contribution in [0.1, 0.15) is 41.9 Å². The summed E-state index contributed by atoms with van der Waals surface area (Å²) in [6.07, 6.45) is 2.42. The van der Waals surface area contributed by atoms with Crippen molar-refractivity contribution >= 4 is 5.97 Å². The zero-order valence-corrected chi connectivity index (χ0v) is 8.49. The molecule has 1 heterocycles. The normalized spacial score (nSPS) is 15.6. The molecule has 1 aliphatic carbocycles. The van der Waals surface area contributed by atoms with Crippen molar-refractivity contribution in [1.82, 2.24) is 9.78 Å². The Morgan fingerprint density at radius 1 is 1.71 bits per heavy atom. The number of rotatable bonds is 3. The first kappa shape index (κ1) is 9.24. The molecule has 1 aromatic rings. The summed E-state index contributed by atoms with van der Waals surface area (Å²) in [7, 11) is 1.87. The quantitative estimate of drug-likeness (QED) is 0.684. The van der Waals surface area contributed by atoms with Crippen molar-refractivity contribution in [2.75, 3.05) is 6.61 Å². The molecule has 0 unspecified atom stereocenters. The summed E-state index contributed by atoms with van der Waals surface area (Å²) < 4.78 is 6.66. The van der Waals surface area contributed by atoms with Crippen LogP contribution in [0.15, 0.2) is 6.07 Å². The summed E-state index contributed by atoms with van der Waals surface area (Å²) >= 11 is 0. The van der Waals surface area contributed by atoms with Gasteiger partial charge in [-0.15, -0.1) is 0 Å². The zero-order chi connectivity index (χ0) is 10.1. The summed E-state index contributed by atoms with van der Waals surface area (Å²) in [5, 5.41) is 4.13. The first-order valence-electron chi connectivity index (χ1n) is 4.93. The number of nitrogens with zero attached hydrogens (tertiary/aromatic N) is 2. The van der Waals surface area contributed by atoms with Crippen LogP contribution in [-0.2, 0) is 11.8 Å². The molecule has 0 bridgehead atoms. The van der Waals surface area contributed by atoms with Gasteiger partial charge < -0.3 is 4.74 Å². The molecule has 0 N–H and O–H groups in total. The Morgan fingerprint density at radius 2 is 2.43 bits per heavy atom. The van der Waals surface area contributed by atoms with E-state index in [0.29, 0.717) is 18.2 Å². The Hall–Kier alpha value is -1.32. The Labute approximate surface area is 82.9 Å². The van der Waals surface area contributed by atoms with Gasteiger partial charge in [0.05, 0.1) is 6.61 Å². The predicted octanol–water partition coefficient (Wildman–Crippen LogP) is 1.47. The van der Waals surface area contributed by atoms with E-state index in [9.17, 15) is 4.79 Å². The van der Waals surface area contributed by atoms with Crippen molar-refractivity contribution in [1.29, 1.82) is 0 Å². The van der Waals surface area contributed by atoms with Gasteiger partial charge in [0.2, 0.25) is 0 Å². The molecule has 4 nitrogen and oxygen atoms in total. The number of carbonyl (C=O) groups excluding carboxylic acids is 1. The minimum atomic E-state index is -0.324. The van der Waals surface area contributed by atoms with Crippen LogP contribution in [0.2, 0.25) is 0 Å². The van der Waals surface area contributed by atoms with Gasteiger partial charge in [-0.05, 0) is 25.8 Å². The Balaban J connectivity index is 2.18. The predicted molar refractivity (Wildman–Crippen MR) is 51.1 cm³/mol. The van der Waals surface area contributed by atoms with Crippen molar-refractivity contribution in [3.63, 3.8) is 0 Å². The Morgan fingerprint density at radius 3 is 3.00 bits per heavy atom. The third-order valence-corrected chi connectivity index (χ3v) is 2.40. The van der Waals surface area contributed by atoms with Gasteiger partial charge in [0.1, 0.15) is 0 Å². The number of hydrogen-bond donors (Lipinski definition) is 0. The van der Waals surface area contributed by atoms with Gasteiger partial charge in [-0.25, -0.2) is 4.79 Å². The van der Waals surface area contributed by atoms with Crippen LogP contribution in [0.25, 0.3) is 0 Å². The maximum absolute atomic E-state index is 11.4. The summed E-state index contributed by atoms with van der Waals surface area (Å²) in [5.74, 6) is 0.283. The first-order valence-corrected chi connectivity index (χ1v) is 4.93. The van der Waals surface area contributed by atoms with E-state index >= 15 is 0 Å². The van der Waals surface area contributed by atoms with Gasteiger partial charge in [-0.1, -0.05) is 0 Å². The van der Waals surface area contributed by atoms with Gasteiger partial charge >= 0.3 is 5.97 Å². The fraction of sp³-hybridized carbons (Fsp3) is 0.600. The highest BCUT2D eigenvalue weighted by atomic mass is 16.5. The number of aromatic nitrogens is 2. The highest BCUT2D eigenvalue weighted by Gasteiger charge is 2.28. The first-order chi connectivity index (χ1) is 6.72. The highest BCUT2D eigenvalue weighted by Crippen LogP contribution is 2.39. The van der Waals surface area contributed by atoms with Crippen LogP contribution < -0.4 is 0 Å². The lowest BCUT2D eigenvalue weighted by Crippen LogP contribution is -2.06. The van der Waals surface area contributed by atoms with Crippen molar-refractivity contribution in [2.24, 2.45) is 7.05 Å². The molecule has 0 amide bonds. The van der Waals surface area contributed by atoms with Crippen molar-refractivity contribution in [3.8, 4) is 0 Å². The average molecular weight is 194 g/mol. The Bertz CT molecular complexity index is 353. The second-order valence-electron chi connectivity index (χ2n) is 3.57. The average Bonchev–Trinajstić information content (AvgIpc) is 2.91. The molecule has 1 aromatic heterocycles. The highest BCUT2D eigenvalue weighted by molar-refractivity contribution is 5.87. The van der Waals surface area contributed by atoms with Crippen LogP contribution in [-0.4, -0.2) is 22.4 Å². The van der Waals surface area contributed by atoms with E-state index in [1.165, 1.54) is 12.8 Å². The zero-order valence-electron chi connectivity index (χ0n) is 8.49. The second kappa shape index (κ2) is 3.44. The third kappa shape index (κ3) is 1.64. The molecule has 14 heavy (non-hydrogen) atoms. The van der Waals surface area contributed by atoms with E-state index in [1.54, 1.807) is 11.6 Å². The lowest BCUT2D eigenvalue weighted by atomic mass is 10.2. The smallest absolute Gasteiger partial charge is 0.358 e. The van der Waals surface area contributed by atoms with Gasteiger partial charge in [-0.2, -0.15) is 5.10 Å². The molecule has 4 heteroatoms. The largest absolute Gasteiger partial charge is 0.461 e. The number of ether oxygens (including phenoxy) is 1. The molecule has 76 valence electrons. The van der Waals surface area contributed by atoms with E-state index in [-0.39, 0.29) is 5.97 Å². The van der Waals surface area contributed by atoms with Crippen LogP contribution in [0.3, 0.4) is 0 Å². The minimum absolute atomic E-state index is 0.324. The summed E-state index contributed by atoms with van der Waals surface area (Å²) in [6.45, 7) is 2.19. The number of aryl methyl sites for hydroxylation is 1. The summed E-state index contributed by atoms with van der Waals surface area (Å²) in [6, 6.07) is 1.84. The second-order valence-corrected chi connectivity index (χ2v) is 3.57. The van der Waals surface area contributed by atoms with E-state index in [1.807, 2.05) is 13.1 Å². The van der Waals surface area contributed by atoms with Crippen molar-refractivity contribution < 1.29 is 9.53 Å². The summed E-state index contributed by atoms with van der Waals surface area (Å²) in [5.41, 5.74) is 1.57. The molecule has 1 fully saturated rings. The minimum Gasteiger partial charge on any atom is -0.461 e. The van der Waals surface area contributed by atoms with Crippen molar-refractivity contribution in [2.45, 2.75) is 25.7 Å². The van der Waals surface area contributed by atoms with Crippen LogP contribution in [0.4, 0.5) is 0 Å². The monoisotopic (exact) mass is 194 g/mol. The van der Waals surface area contributed by atoms with Gasteiger partial charge in [0.15, 0.2) is 5.69 Å². The van der Waals surface area contributed by atoms with Crippen LogP contribution >= 0.6 is 0 Å². The van der Waals surface area contributed by atoms with Crippen LogP contribution in [0.5, 0.6) is 0 Å². The van der Waals surface area contributed by atoms with E-state index in [4.69, 9.17) is 4.74 Å². The van der Waals surface area contributed by atoms with Crippen LogP contribution in [0, 0.1) is 0 Å². The van der Waals surface area contributed by atoms with Gasteiger partial charge in [-0.3, -0.25) is 4.68 Å². The lowest BCUT2D eigenvalue weighted by molar-refractivity contribution is 0.0518. The van der Waals surface area contributed by atoms with E-state index < -0.39 is 0 Å². The molecular formula is C10H14N2O2. The molecular weight excluding hydrogens is 180 g/mol. The van der Waals surface area contributed by atoms with Gasteiger partial charge in [0, 0.05) is 18.7 Å². The molecule has 1 saturated carbocycles. The number of carbonyl (C=O) groups is 1. The lowest BCUT2D eigenvalue weighted by Gasteiger charge is -1.95. The fourth-order valence-electron chi connectivity index (χ4n) is 1.55. The Kier molecular flexibility index (Phi) is 2.27. The standard InChI is InChI=1S/C10H14N2O2/c1-3-14-10(13)8-6-9(7-4-5-7)12(2)11-8/h6-7H,3-5H2,1-2H3. The molecule has 0 saturated heterocycles. The molecule has 0 aliphatic heterocycles. The number of hydrogen-bond acceptors (Lipinski definition) is 3. The van der Waals surface area contributed by atoms with E-state index in [0.717, 1.165) is 5.69 Å². The van der Waals surface area contributed by atoms with Gasteiger partial charge in [0.25, 0.3) is 0 Å². The number of esters is 1. The summed E-state index contributed by atoms with van der Waals surface area (Å²) in [4.78, 5) is 11.4. The molecule has 2 rings (SSSR count). The maximum Gasteiger partial charge on any atom is 0.358 e. The SMILES string of the molecule is CCOC(=O)c1cc(C2CC2)n(C)n1. The van der Waals surface area contributed by atoms with E-state index in [2.05, 4.69) is 5.10 Å². The molecule has 0 atom stereocenters. The topological polar surface area (TPSA) is 44.1 Å². The van der Waals surface area contributed by atoms with Crippen molar-refractivity contribution in [3.05, 3.63) is 17.5 Å². The molecule has 1 aliphatic rings.